The fourth-order valence-electron chi connectivity index (χ4n) is 3.37. The number of hydrogen-bond acceptors (Lipinski definition) is 6. The summed E-state index contributed by atoms with van der Waals surface area (Å²) in [5.74, 6) is 0.404. The Balaban J connectivity index is 1.39. The molecule has 0 radical (unpaired) electrons. The molecule has 0 spiro atoms. The van der Waals surface area contributed by atoms with Crippen molar-refractivity contribution >= 4 is 15.9 Å². The number of rotatable bonds is 5. The Hall–Kier alpha value is -4.05. The van der Waals surface area contributed by atoms with E-state index in [9.17, 15) is 13.2 Å². The Kier molecular flexibility index (Phi) is 4.91. The standard InChI is InChI=1S/C22H18N4O5S/c27-22(24-32(28,29)21-10-12-26(23-21)16-5-2-1-3-6-16)18-7-4-11-25(18)17-8-9-19-20(15-17)31-14-13-30-19/h1-12,15H,13-14H2,(H,24,27). The van der Waals surface area contributed by atoms with Gasteiger partial charge in [-0.25, -0.2) is 9.40 Å². The maximum absolute atomic E-state index is 12.9. The molecule has 0 fully saturated rings. The summed E-state index contributed by atoms with van der Waals surface area (Å²) in [5, 5.41) is 3.83. The predicted molar refractivity (Wildman–Crippen MR) is 115 cm³/mol. The summed E-state index contributed by atoms with van der Waals surface area (Å²) in [5.41, 5.74) is 1.48. The van der Waals surface area contributed by atoms with Crippen LogP contribution in [0.2, 0.25) is 0 Å². The minimum absolute atomic E-state index is 0.146. The van der Waals surface area contributed by atoms with Crippen LogP contribution in [0.5, 0.6) is 11.5 Å². The molecular formula is C22H18N4O5S. The second-order valence-corrected chi connectivity index (χ2v) is 8.59. The zero-order chi connectivity index (χ0) is 22.1. The first-order valence-electron chi connectivity index (χ1n) is 9.77. The highest BCUT2D eigenvalue weighted by atomic mass is 32.2. The van der Waals surface area contributed by atoms with Crippen molar-refractivity contribution in [2.24, 2.45) is 0 Å². The topological polar surface area (TPSA) is 104 Å². The SMILES string of the molecule is O=C(NS(=O)(=O)c1ccn(-c2ccccc2)n1)c1cccn1-c1ccc2c(c1)OCCO2. The van der Waals surface area contributed by atoms with Crippen LogP contribution in [0.1, 0.15) is 10.5 Å². The first-order chi connectivity index (χ1) is 15.5. The van der Waals surface area contributed by atoms with Crippen molar-refractivity contribution in [2.45, 2.75) is 5.03 Å². The van der Waals surface area contributed by atoms with Crippen molar-refractivity contribution < 1.29 is 22.7 Å². The van der Waals surface area contributed by atoms with E-state index in [4.69, 9.17) is 9.47 Å². The van der Waals surface area contributed by atoms with Gasteiger partial charge in [-0.2, -0.15) is 13.5 Å². The monoisotopic (exact) mass is 450 g/mol. The summed E-state index contributed by atoms with van der Waals surface area (Å²) in [4.78, 5) is 12.9. The van der Waals surface area contributed by atoms with E-state index < -0.39 is 15.9 Å². The lowest BCUT2D eigenvalue weighted by Gasteiger charge is -2.19. The molecule has 10 heteroatoms. The molecule has 0 saturated carbocycles. The Bertz CT molecular complexity index is 1390. The molecule has 3 heterocycles. The van der Waals surface area contributed by atoms with Gasteiger partial charge in [-0.1, -0.05) is 18.2 Å². The van der Waals surface area contributed by atoms with E-state index in [1.807, 2.05) is 18.2 Å². The Morgan fingerprint density at radius 2 is 1.66 bits per heavy atom. The Morgan fingerprint density at radius 3 is 2.47 bits per heavy atom. The van der Waals surface area contributed by atoms with Crippen LogP contribution in [-0.4, -0.2) is 41.9 Å². The smallest absolute Gasteiger partial charge is 0.283 e. The van der Waals surface area contributed by atoms with Crippen molar-refractivity contribution in [2.75, 3.05) is 13.2 Å². The molecule has 0 aliphatic carbocycles. The minimum atomic E-state index is -4.18. The Labute approximate surface area is 183 Å². The van der Waals surface area contributed by atoms with Gasteiger partial charge in [0.05, 0.1) is 5.69 Å². The molecule has 2 aromatic heterocycles. The third-order valence-electron chi connectivity index (χ3n) is 4.87. The zero-order valence-corrected chi connectivity index (χ0v) is 17.5. The van der Waals surface area contributed by atoms with Gasteiger partial charge in [-0.3, -0.25) is 4.79 Å². The summed E-state index contributed by atoms with van der Waals surface area (Å²) >= 11 is 0. The summed E-state index contributed by atoms with van der Waals surface area (Å²) in [6.07, 6.45) is 3.18. The normalized spacial score (nSPS) is 13.0. The number of carbonyl (C=O) groups is 1. The predicted octanol–water partition coefficient (Wildman–Crippen LogP) is 2.55. The molecule has 32 heavy (non-hydrogen) atoms. The number of carbonyl (C=O) groups excluding carboxylic acids is 1. The van der Waals surface area contributed by atoms with Crippen LogP contribution in [0, 0.1) is 0 Å². The number of fused-ring (bicyclic) bond motifs is 1. The molecule has 2 aromatic carbocycles. The lowest BCUT2D eigenvalue weighted by molar-refractivity contribution is 0.0974. The number of benzene rings is 2. The molecule has 0 bridgehead atoms. The lowest BCUT2D eigenvalue weighted by Crippen LogP contribution is -2.32. The molecule has 9 nitrogen and oxygen atoms in total. The molecule has 0 saturated heterocycles. The fourth-order valence-corrected chi connectivity index (χ4v) is 4.26. The van der Waals surface area contributed by atoms with Gasteiger partial charge < -0.3 is 14.0 Å². The number of nitrogens with one attached hydrogen (secondary N) is 1. The summed E-state index contributed by atoms with van der Waals surface area (Å²) < 4.78 is 41.7. The van der Waals surface area contributed by atoms with Gasteiger partial charge in [0.1, 0.15) is 18.9 Å². The van der Waals surface area contributed by atoms with Crippen LogP contribution in [0.15, 0.2) is 84.1 Å². The van der Waals surface area contributed by atoms with Gasteiger partial charge in [0.15, 0.2) is 16.5 Å². The summed E-state index contributed by atoms with van der Waals surface area (Å²) in [7, 11) is -4.18. The number of nitrogens with zero attached hydrogens (tertiary/aromatic N) is 3. The van der Waals surface area contributed by atoms with Crippen LogP contribution >= 0.6 is 0 Å². The fraction of sp³-hybridized carbons (Fsp3) is 0.0909. The number of amides is 1. The molecular weight excluding hydrogens is 432 g/mol. The highest BCUT2D eigenvalue weighted by molar-refractivity contribution is 7.90. The van der Waals surface area contributed by atoms with Gasteiger partial charge >= 0.3 is 0 Å². The van der Waals surface area contributed by atoms with Crippen molar-refractivity contribution in [1.82, 2.24) is 19.1 Å². The van der Waals surface area contributed by atoms with E-state index in [2.05, 4.69) is 9.82 Å². The Morgan fingerprint density at radius 1 is 0.875 bits per heavy atom. The summed E-state index contributed by atoms with van der Waals surface area (Å²) in [6.45, 7) is 0.908. The third-order valence-corrected chi connectivity index (χ3v) is 6.10. The molecule has 0 atom stereocenters. The van der Waals surface area contributed by atoms with Crippen LogP contribution in [0.25, 0.3) is 11.4 Å². The highest BCUT2D eigenvalue weighted by Crippen LogP contribution is 2.32. The minimum Gasteiger partial charge on any atom is -0.486 e. The van der Waals surface area contributed by atoms with Gasteiger partial charge in [0.2, 0.25) is 0 Å². The lowest BCUT2D eigenvalue weighted by atomic mass is 10.2. The maximum Gasteiger partial charge on any atom is 0.283 e. The molecule has 5 rings (SSSR count). The number of para-hydroxylation sites is 1. The van der Waals surface area contributed by atoms with Gasteiger partial charge in [-0.15, -0.1) is 0 Å². The van der Waals surface area contributed by atoms with E-state index in [0.29, 0.717) is 36.1 Å². The van der Waals surface area contributed by atoms with Gasteiger partial charge in [0.25, 0.3) is 15.9 Å². The first kappa shape index (κ1) is 19.9. The van der Waals surface area contributed by atoms with E-state index in [1.165, 1.54) is 23.0 Å². The van der Waals surface area contributed by atoms with Crippen molar-refractivity contribution in [3.8, 4) is 22.9 Å². The second kappa shape index (κ2) is 7.89. The van der Waals surface area contributed by atoms with E-state index in [0.717, 1.165) is 0 Å². The van der Waals surface area contributed by atoms with Crippen LogP contribution in [-0.2, 0) is 10.0 Å². The molecule has 1 aliphatic heterocycles. The van der Waals surface area contributed by atoms with Crippen LogP contribution < -0.4 is 14.2 Å². The van der Waals surface area contributed by atoms with E-state index in [-0.39, 0.29) is 10.7 Å². The van der Waals surface area contributed by atoms with E-state index >= 15 is 0 Å². The average molecular weight is 450 g/mol. The number of hydrogen-bond donors (Lipinski definition) is 1. The molecule has 4 aromatic rings. The highest BCUT2D eigenvalue weighted by Gasteiger charge is 2.24. The quantitative estimate of drug-likeness (QED) is 0.501. The zero-order valence-electron chi connectivity index (χ0n) is 16.7. The van der Waals surface area contributed by atoms with Crippen molar-refractivity contribution in [3.63, 3.8) is 0 Å². The van der Waals surface area contributed by atoms with Crippen LogP contribution in [0.3, 0.4) is 0 Å². The molecule has 0 unspecified atom stereocenters. The first-order valence-corrected chi connectivity index (χ1v) is 11.3. The third kappa shape index (κ3) is 3.71. The van der Waals surface area contributed by atoms with Crippen LogP contribution in [0.4, 0.5) is 0 Å². The van der Waals surface area contributed by atoms with Crippen molar-refractivity contribution in [1.29, 1.82) is 0 Å². The molecule has 1 aliphatic rings. The second-order valence-electron chi connectivity index (χ2n) is 6.96. The number of sulfonamides is 1. The maximum atomic E-state index is 12.9. The largest absolute Gasteiger partial charge is 0.486 e. The number of ether oxygens (including phenoxy) is 2. The van der Waals surface area contributed by atoms with Crippen molar-refractivity contribution in [3.05, 3.63) is 84.8 Å². The molecule has 162 valence electrons. The summed E-state index contributed by atoms with van der Waals surface area (Å²) in [6, 6.07) is 18.8. The van der Waals surface area contributed by atoms with E-state index in [1.54, 1.807) is 47.2 Å². The number of aromatic nitrogens is 3. The average Bonchev–Trinajstić information content (AvgIpc) is 3.50. The molecule has 1 N–H and O–H groups in total. The van der Waals surface area contributed by atoms with Gasteiger partial charge in [0, 0.05) is 24.1 Å². The van der Waals surface area contributed by atoms with Gasteiger partial charge in [-0.05, 0) is 42.5 Å². The molecule has 1 amide bonds.